The Hall–Kier alpha value is -1.70. The van der Waals surface area contributed by atoms with Crippen LogP contribution in [0.1, 0.15) is 24.2 Å². The van der Waals surface area contributed by atoms with Crippen molar-refractivity contribution in [2.45, 2.75) is 20.0 Å². The molecule has 3 nitrogen and oxygen atoms in total. The Morgan fingerprint density at radius 2 is 1.40 bits per heavy atom. The summed E-state index contributed by atoms with van der Waals surface area (Å²) in [5.41, 5.74) is -1.57. The van der Waals surface area contributed by atoms with E-state index < -0.39 is 46.7 Å². The van der Waals surface area contributed by atoms with E-state index in [2.05, 4.69) is 0 Å². The number of amides is 1. The molecule has 0 aliphatic carbocycles. The van der Waals surface area contributed by atoms with Gasteiger partial charge >= 0.3 is 0 Å². The van der Waals surface area contributed by atoms with Crippen molar-refractivity contribution in [3.05, 3.63) is 34.6 Å². The molecule has 0 heterocycles. The van der Waals surface area contributed by atoms with E-state index >= 15 is 0 Å². The number of hydrogen-bond donors (Lipinski definition) is 2. The van der Waals surface area contributed by atoms with Gasteiger partial charge in [-0.05, 0) is 5.92 Å². The summed E-state index contributed by atoms with van der Waals surface area (Å²) in [5.74, 6) is -12.9. The first-order valence-corrected chi connectivity index (χ1v) is 5.66. The summed E-state index contributed by atoms with van der Waals surface area (Å²) in [6, 6.07) is 0. The monoisotopic (exact) mass is 297 g/mol. The highest BCUT2D eigenvalue weighted by molar-refractivity contribution is 5.94. The number of nitrogens with one attached hydrogen (secondary N) is 1. The first kappa shape index (κ1) is 16.4. The van der Waals surface area contributed by atoms with Crippen LogP contribution in [0, 0.1) is 35.0 Å². The Morgan fingerprint density at radius 1 is 1.00 bits per heavy atom. The van der Waals surface area contributed by atoms with Crippen molar-refractivity contribution in [1.29, 1.82) is 0 Å². The first-order chi connectivity index (χ1) is 9.18. The summed E-state index contributed by atoms with van der Waals surface area (Å²) >= 11 is 0. The third-order valence-corrected chi connectivity index (χ3v) is 2.68. The molecule has 1 aromatic rings. The molecule has 20 heavy (non-hydrogen) atoms. The molecule has 0 radical (unpaired) electrons. The van der Waals surface area contributed by atoms with Crippen LogP contribution in [-0.2, 0) is 0 Å². The first-order valence-electron chi connectivity index (χ1n) is 5.66. The van der Waals surface area contributed by atoms with Gasteiger partial charge in [-0.1, -0.05) is 13.8 Å². The van der Waals surface area contributed by atoms with Gasteiger partial charge in [-0.2, -0.15) is 0 Å². The van der Waals surface area contributed by atoms with E-state index in [1.165, 1.54) is 0 Å². The minimum absolute atomic E-state index is 0.258. The molecule has 0 saturated carbocycles. The molecule has 1 aromatic carbocycles. The second-order valence-electron chi connectivity index (χ2n) is 4.47. The maximum Gasteiger partial charge on any atom is 0.257 e. The Morgan fingerprint density at radius 3 is 1.80 bits per heavy atom. The number of carbonyl (C=O) groups excluding carboxylic acids is 1. The smallest absolute Gasteiger partial charge is 0.257 e. The maximum absolute atomic E-state index is 13.3. The SMILES string of the molecule is CC(C)C(O)CNC(=O)c1c(F)c(F)c(F)c(F)c1F. The van der Waals surface area contributed by atoms with Crippen LogP contribution in [0.25, 0.3) is 0 Å². The molecule has 1 unspecified atom stereocenters. The quantitative estimate of drug-likeness (QED) is 0.508. The summed E-state index contributed by atoms with van der Waals surface area (Å²) < 4.78 is 65.2. The molecular weight excluding hydrogens is 285 g/mol. The topological polar surface area (TPSA) is 49.3 Å². The van der Waals surface area contributed by atoms with Gasteiger partial charge in [0.25, 0.3) is 5.91 Å². The van der Waals surface area contributed by atoms with Gasteiger partial charge in [0.2, 0.25) is 5.82 Å². The summed E-state index contributed by atoms with van der Waals surface area (Å²) in [6.07, 6.45) is -1.01. The van der Waals surface area contributed by atoms with Crippen molar-refractivity contribution in [3.8, 4) is 0 Å². The fourth-order valence-corrected chi connectivity index (χ4v) is 1.33. The van der Waals surface area contributed by atoms with Crippen LogP contribution in [0.15, 0.2) is 0 Å². The molecule has 2 N–H and O–H groups in total. The second kappa shape index (κ2) is 6.17. The Labute approximate surface area is 111 Å². The molecule has 112 valence electrons. The predicted molar refractivity (Wildman–Crippen MR) is 59.4 cm³/mol. The van der Waals surface area contributed by atoms with Crippen LogP contribution < -0.4 is 5.32 Å². The molecule has 0 aromatic heterocycles. The molecule has 0 aliphatic rings. The minimum atomic E-state index is -2.33. The van der Waals surface area contributed by atoms with Crippen molar-refractivity contribution in [3.63, 3.8) is 0 Å². The van der Waals surface area contributed by atoms with Crippen LogP contribution in [-0.4, -0.2) is 23.7 Å². The largest absolute Gasteiger partial charge is 0.391 e. The van der Waals surface area contributed by atoms with E-state index in [0.29, 0.717) is 0 Å². The highest BCUT2D eigenvalue weighted by Crippen LogP contribution is 2.22. The lowest BCUT2D eigenvalue weighted by Crippen LogP contribution is -2.36. The zero-order valence-electron chi connectivity index (χ0n) is 10.6. The van der Waals surface area contributed by atoms with E-state index in [4.69, 9.17) is 0 Å². The predicted octanol–water partition coefficient (Wildman–Crippen LogP) is 2.13. The number of rotatable bonds is 4. The van der Waals surface area contributed by atoms with Crippen LogP contribution >= 0.6 is 0 Å². The Kier molecular flexibility index (Phi) is 5.04. The molecule has 1 rings (SSSR count). The highest BCUT2D eigenvalue weighted by atomic mass is 19.2. The van der Waals surface area contributed by atoms with Crippen LogP contribution in [0.3, 0.4) is 0 Å². The van der Waals surface area contributed by atoms with E-state index in [0.717, 1.165) is 0 Å². The van der Waals surface area contributed by atoms with Crippen LogP contribution in [0.2, 0.25) is 0 Å². The molecular formula is C12H12F5NO2. The standard InChI is InChI=1S/C12H12F5NO2/c1-4(2)5(19)3-18-12(20)6-7(13)9(15)11(17)10(16)8(6)14/h4-5,19H,3H2,1-2H3,(H,18,20). The van der Waals surface area contributed by atoms with Gasteiger partial charge in [0.05, 0.1) is 6.10 Å². The minimum Gasteiger partial charge on any atom is -0.391 e. The van der Waals surface area contributed by atoms with Crippen LogP contribution in [0.5, 0.6) is 0 Å². The number of aliphatic hydroxyl groups excluding tert-OH is 1. The Bertz CT molecular complexity index is 504. The number of hydrogen-bond acceptors (Lipinski definition) is 2. The van der Waals surface area contributed by atoms with Gasteiger partial charge in [0, 0.05) is 6.54 Å². The lowest BCUT2D eigenvalue weighted by Gasteiger charge is -2.15. The van der Waals surface area contributed by atoms with Crippen molar-refractivity contribution < 1.29 is 31.9 Å². The van der Waals surface area contributed by atoms with Crippen molar-refractivity contribution >= 4 is 5.91 Å². The zero-order chi connectivity index (χ0) is 15.6. The summed E-state index contributed by atoms with van der Waals surface area (Å²) in [4.78, 5) is 11.5. The van der Waals surface area contributed by atoms with Crippen molar-refractivity contribution in [2.75, 3.05) is 6.54 Å². The highest BCUT2D eigenvalue weighted by Gasteiger charge is 2.29. The van der Waals surface area contributed by atoms with E-state index in [-0.39, 0.29) is 12.5 Å². The summed E-state index contributed by atoms with van der Waals surface area (Å²) in [6.45, 7) is 2.86. The van der Waals surface area contributed by atoms with Gasteiger partial charge in [-0.25, -0.2) is 22.0 Å². The van der Waals surface area contributed by atoms with E-state index in [1.54, 1.807) is 13.8 Å². The lowest BCUT2D eigenvalue weighted by atomic mass is 10.1. The molecule has 0 aliphatic heterocycles. The second-order valence-corrected chi connectivity index (χ2v) is 4.47. The Balaban J connectivity index is 3.06. The molecule has 0 saturated heterocycles. The normalized spacial score (nSPS) is 12.7. The summed E-state index contributed by atoms with van der Waals surface area (Å²) in [5, 5.41) is 11.3. The van der Waals surface area contributed by atoms with Gasteiger partial charge in [0.15, 0.2) is 23.3 Å². The number of carbonyl (C=O) groups is 1. The van der Waals surface area contributed by atoms with Gasteiger partial charge < -0.3 is 10.4 Å². The molecule has 0 spiro atoms. The molecule has 1 amide bonds. The van der Waals surface area contributed by atoms with Gasteiger partial charge in [-0.15, -0.1) is 0 Å². The number of benzene rings is 1. The lowest BCUT2D eigenvalue weighted by molar-refractivity contribution is 0.0861. The molecule has 0 fully saturated rings. The fourth-order valence-electron chi connectivity index (χ4n) is 1.33. The average Bonchev–Trinajstić information content (AvgIpc) is 2.40. The van der Waals surface area contributed by atoms with Crippen LogP contribution in [0.4, 0.5) is 22.0 Å². The molecule has 8 heteroatoms. The third-order valence-electron chi connectivity index (χ3n) is 2.68. The third kappa shape index (κ3) is 3.06. The zero-order valence-corrected chi connectivity index (χ0v) is 10.6. The molecule has 1 atom stereocenters. The average molecular weight is 297 g/mol. The maximum atomic E-state index is 13.3. The number of aliphatic hydroxyl groups is 1. The molecule has 0 bridgehead atoms. The van der Waals surface area contributed by atoms with E-state index in [1.807, 2.05) is 5.32 Å². The van der Waals surface area contributed by atoms with Crippen molar-refractivity contribution in [2.24, 2.45) is 5.92 Å². The van der Waals surface area contributed by atoms with Gasteiger partial charge in [-0.3, -0.25) is 4.79 Å². The summed E-state index contributed by atoms with van der Waals surface area (Å²) in [7, 11) is 0. The van der Waals surface area contributed by atoms with Crippen molar-refractivity contribution in [1.82, 2.24) is 5.32 Å². The number of halogens is 5. The fraction of sp³-hybridized carbons (Fsp3) is 0.417. The van der Waals surface area contributed by atoms with E-state index in [9.17, 15) is 31.9 Å². The van der Waals surface area contributed by atoms with Gasteiger partial charge in [0.1, 0.15) is 5.56 Å².